The van der Waals surface area contributed by atoms with E-state index in [1.165, 1.54) is 17.6 Å². The van der Waals surface area contributed by atoms with Crippen molar-refractivity contribution in [1.82, 2.24) is 5.32 Å². The average Bonchev–Trinajstić information content (AvgIpc) is 2.79. The normalized spacial score (nSPS) is 22.3. The smallest absolute Gasteiger partial charge is 0.337 e. The molecule has 1 unspecified atom stereocenters. The Morgan fingerprint density at radius 1 is 1.10 bits per heavy atom. The third-order valence-corrected chi connectivity index (χ3v) is 6.53. The highest BCUT2D eigenvalue weighted by molar-refractivity contribution is 5.75. The van der Waals surface area contributed by atoms with Crippen LogP contribution in [0.4, 0.5) is 0 Å². The molecule has 5 nitrogen and oxygen atoms in total. The number of nitrogens with one attached hydrogen (secondary N) is 1. The van der Waals surface area contributed by atoms with Crippen molar-refractivity contribution in [1.29, 1.82) is 0 Å². The third-order valence-electron chi connectivity index (χ3n) is 6.53. The predicted molar refractivity (Wildman–Crippen MR) is 116 cm³/mol. The van der Waals surface area contributed by atoms with Gasteiger partial charge in [-0.05, 0) is 79.5 Å². The lowest BCUT2D eigenvalue weighted by Gasteiger charge is -2.46. The number of aliphatic carboxylic acids is 1. The molecular weight excluding hydrogens is 378 g/mol. The van der Waals surface area contributed by atoms with Crippen LogP contribution >= 0.6 is 0 Å². The topological polar surface area (TPSA) is 78.8 Å². The zero-order valence-corrected chi connectivity index (χ0v) is 17.4. The molecule has 2 aromatic carbocycles. The second-order valence-corrected chi connectivity index (χ2v) is 8.22. The maximum atomic E-state index is 11.7. The lowest BCUT2D eigenvalue weighted by molar-refractivity contribution is -0.147. The monoisotopic (exact) mass is 407 g/mol. The van der Waals surface area contributed by atoms with Crippen LogP contribution in [0.1, 0.15) is 54.9 Å². The minimum Gasteiger partial charge on any atom is -0.497 e. The van der Waals surface area contributed by atoms with E-state index in [1.807, 2.05) is 24.3 Å². The molecule has 0 bridgehead atoms. The van der Waals surface area contributed by atoms with Crippen molar-refractivity contribution in [2.45, 2.75) is 50.2 Å². The van der Waals surface area contributed by atoms with Crippen LogP contribution in [0, 0.1) is 0 Å². The molecule has 4 rings (SSSR count). The number of carboxylic acids is 1. The van der Waals surface area contributed by atoms with Gasteiger partial charge < -0.3 is 20.3 Å². The number of methoxy groups -OCH3 is 1. The van der Waals surface area contributed by atoms with Crippen LogP contribution in [0.25, 0.3) is 0 Å². The molecule has 0 saturated heterocycles. The van der Waals surface area contributed by atoms with Crippen molar-refractivity contribution in [3.05, 3.63) is 76.4 Å². The van der Waals surface area contributed by atoms with E-state index in [-0.39, 0.29) is 0 Å². The molecule has 0 radical (unpaired) electrons. The van der Waals surface area contributed by atoms with Crippen LogP contribution in [0.5, 0.6) is 5.75 Å². The second-order valence-electron chi connectivity index (χ2n) is 8.22. The van der Waals surface area contributed by atoms with Crippen molar-refractivity contribution in [2.24, 2.45) is 0 Å². The first kappa shape index (κ1) is 20.6. The van der Waals surface area contributed by atoms with E-state index in [4.69, 9.17) is 4.74 Å². The summed E-state index contributed by atoms with van der Waals surface area (Å²) >= 11 is 0. The molecule has 0 aromatic heterocycles. The minimum absolute atomic E-state index is 0.463. The summed E-state index contributed by atoms with van der Waals surface area (Å²) in [6.07, 6.45) is 4.61. The van der Waals surface area contributed by atoms with Crippen LogP contribution in [0.3, 0.4) is 0 Å². The van der Waals surface area contributed by atoms with E-state index in [0.29, 0.717) is 12.0 Å². The Hall–Kier alpha value is -2.63. The molecular formula is C25H29NO4. The number of aliphatic hydroxyl groups is 1. The molecule has 3 N–H and O–H groups in total. The summed E-state index contributed by atoms with van der Waals surface area (Å²) in [7, 11) is 1.65. The Labute approximate surface area is 177 Å². The molecule has 30 heavy (non-hydrogen) atoms. The maximum absolute atomic E-state index is 11.7. The first-order valence-electron chi connectivity index (χ1n) is 10.6. The van der Waals surface area contributed by atoms with E-state index >= 15 is 0 Å². The van der Waals surface area contributed by atoms with Crippen LogP contribution < -0.4 is 10.1 Å². The highest BCUT2D eigenvalue weighted by atomic mass is 16.5. The van der Waals surface area contributed by atoms with E-state index in [0.717, 1.165) is 49.1 Å². The van der Waals surface area contributed by atoms with Gasteiger partial charge in [0.25, 0.3) is 0 Å². The minimum atomic E-state index is -1.55. The number of carbonyl (C=O) groups is 1. The van der Waals surface area contributed by atoms with Crippen molar-refractivity contribution < 1.29 is 19.7 Å². The Morgan fingerprint density at radius 3 is 2.57 bits per heavy atom. The van der Waals surface area contributed by atoms with Crippen molar-refractivity contribution in [3.8, 4) is 5.75 Å². The average molecular weight is 408 g/mol. The summed E-state index contributed by atoms with van der Waals surface area (Å²) in [6.45, 7) is 0.840. The van der Waals surface area contributed by atoms with Crippen LogP contribution in [-0.4, -0.2) is 29.8 Å². The van der Waals surface area contributed by atoms with Crippen molar-refractivity contribution >= 4 is 5.97 Å². The van der Waals surface area contributed by atoms with Gasteiger partial charge in [-0.2, -0.15) is 0 Å². The van der Waals surface area contributed by atoms with E-state index in [1.54, 1.807) is 19.2 Å². The van der Waals surface area contributed by atoms with Crippen LogP contribution in [-0.2, 0) is 16.8 Å². The molecule has 158 valence electrons. The number of hydrogen-bond donors (Lipinski definition) is 3. The van der Waals surface area contributed by atoms with E-state index in [9.17, 15) is 15.0 Å². The fourth-order valence-corrected chi connectivity index (χ4v) is 5.12. The lowest BCUT2D eigenvalue weighted by atomic mass is 9.68. The number of rotatable bonds is 6. The van der Waals surface area contributed by atoms with Gasteiger partial charge in [-0.1, -0.05) is 42.0 Å². The van der Waals surface area contributed by atoms with Gasteiger partial charge >= 0.3 is 5.97 Å². The molecule has 0 spiro atoms. The Balaban J connectivity index is 1.88. The van der Waals surface area contributed by atoms with Crippen molar-refractivity contribution in [3.63, 3.8) is 0 Å². The van der Waals surface area contributed by atoms with Gasteiger partial charge in [0.15, 0.2) is 6.10 Å². The molecule has 0 saturated carbocycles. The molecule has 1 aliphatic heterocycles. The van der Waals surface area contributed by atoms with Gasteiger partial charge in [0.2, 0.25) is 0 Å². The fraction of sp³-hybridized carbons (Fsp3) is 0.400. The summed E-state index contributed by atoms with van der Waals surface area (Å²) < 4.78 is 5.31. The highest BCUT2D eigenvalue weighted by Crippen LogP contribution is 2.46. The van der Waals surface area contributed by atoms with Gasteiger partial charge in [0.05, 0.1) is 12.6 Å². The SMILES string of the molecule is COc1ccc(C[C@]2(c3ccccc3C(O)C(=O)O)NCCC3=C2CCCC3)cc1. The summed E-state index contributed by atoms with van der Waals surface area (Å²) in [5.41, 5.74) is 4.82. The number of aliphatic hydroxyl groups excluding tert-OH is 1. The standard InChI is InChI=1S/C25H29NO4/c1-30-19-12-10-17(11-13-19)16-25(21-8-4-2-6-18(21)14-15-26-25)22-9-5-3-7-20(22)23(27)24(28)29/h3,5,7,9-13,23,26-27H,2,4,6,8,14-16H2,1H3,(H,28,29)/t23?,25-/m0/s1. The first-order valence-corrected chi connectivity index (χ1v) is 10.6. The van der Waals surface area contributed by atoms with Gasteiger partial charge in [0.1, 0.15) is 5.75 Å². The summed E-state index contributed by atoms with van der Waals surface area (Å²) in [5.74, 6) is -0.417. The van der Waals surface area contributed by atoms with Crippen molar-refractivity contribution in [2.75, 3.05) is 13.7 Å². The Kier molecular flexibility index (Phi) is 5.93. The van der Waals surface area contributed by atoms with Crippen LogP contribution in [0.2, 0.25) is 0 Å². The zero-order chi connectivity index (χ0) is 21.1. The van der Waals surface area contributed by atoms with Gasteiger partial charge in [-0.3, -0.25) is 0 Å². The maximum Gasteiger partial charge on any atom is 0.337 e. The lowest BCUT2D eigenvalue weighted by Crippen LogP contribution is -2.51. The largest absolute Gasteiger partial charge is 0.497 e. The molecule has 1 aliphatic carbocycles. The molecule has 2 aliphatic rings. The van der Waals surface area contributed by atoms with Gasteiger partial charge in [0, 0.05) is 0 Å². The summed E-state index contributed by atoms with van der Waals surface area (Å²) in [4.78, 5) is 11.7. The highest BCUT2D eigenvalue weighted by Gasteiger charge is 2.42. The predicted octanol–water partition coefficient (Wildman–Crippen LogP) is 4.12. The number of ether oxygens (including phenoxy) is 1. The van der Waals surface area contributed by atoms with E-state index in [2.05, 4.69) is 17.4 Å². The quantitative estimate of drug-likeness (QED) is 0.628. The Bertz CT molecular complexity index is 946. The molecule has 0 amide bonds. The first-order chi connectivity index (χ1) is 14.5. The molecule has 1 heterocycles. The number of carboxylic acid groups (broad SMARTS) is 1. The molecule has 2 aromatic rings. The molecule has 0 fully saturated rings. The fourth-order valence-electron chi connectivity index (χ4n) is 5.12. The third kappa shape index (κ3) is 3.75. The van der Waals surface area contributed by atoms with Gasteiger partial charge in [-0.15, -0.1) is 0 Å². The van der Waals surface area contributed by atoms with E-state index < -0.39 is 17.6 Å². The van der Waals surface area contributed by atoms with Gasteiger partial charge in [-0.25, -0.2) is 4.79 Å². The Morgan fingerprint density at radius 2 is 1.83 bits per heavy atom. The number of hydrogen-bond acceptors (Lipinski definition) is 4. The molecule has 2 atom stereocenters. The van der Waals surface area contributed by atoms with Crippen LogP contribution in [0.15, 0.2) is 59.7 Å². The molecule has 5 heteroatoms. The zero-order valence-electron chi connectivity index (χ0n) is 17.4. The second kappa shape index (κ2) is 8.62. The summed E-state index contributed by atoms with van der Waals surface area (Å²) in [6, 6.07) is 15.5. The number of benzene rings is 2. The summed E-state index contributed by atoms with van der Waals surface area (Å²) in [5, 5.41) is 23.8.